The number of nitrogens with one attached hydrogen (secondary N) is 3. The van der Waals surface area contributed by atoms with Crippen LogP contribution in [0.15, 0.2) is 84.4 Å². The summed E-state index contributed by atoms with van der Waals surface area (Å²) < 4.78 is 0. The Labute approximate surface area is 207 Å². The molecular weight excluding hydrogens is 456 g/mol. The summed E-state index contributed by atoms with van der Waals surface area (Å²) in [5.41, 5.74) is 5.24. The summed E-state index contributed by atoms with van der Waals surface area (Å²) in [7, 11) is 0. The van der Waals surface area contributed by atoms with E-state index in [2.05, 4.69) is 20.8 Å². The normalized spacial score (nSPS) is 19.9. The first-order valence-corrected chi connectivity index (χ1v) is 11.6. The number of carbonyl (C=O) groups is 1. The predicted molar refractivity (Wildman–Crippen MR) is 141 cm³/mol. The SMILES string of the molecule is O=C(Nc1cccc(Nc2ccc3c(/C=C/c4ccccc4)n[nH]c3c2)c1)C1=C[C@@H](O)[C@@H](O)[C@H](O)C1. The fourth-order valence-electron chi connectivity index (χ4n) is 4.15. The molecule has 8 nitrogen and oxygen atoms in total. The van der Waals surface area contributed by atoms with Crippen LogP contribution in [0, 0.1) is 0 Å². The number of aliphatic hydroxyl groups is 3. The van der Waals surface area contributed by atoms with E-state index in [0.29, 0.717) is 5.69 Å². The maximum atomic E-state index is 12.6. The van der Waals surface area contributed by atoms with E-state index < -0.39 is 24.2 Å². The van der Waals surface area contributed by atoms with Crippen molar-refractivity contribution in [1.82, 2.24) is 10.2 Å². The van der Waals surface area contributed by atoms with Crippen molar-refractivity contribution >= 4 is 46.0 Å². The van der Waals surface area contributed by atoms with Gasteiger partial charge in [0, 0.05) is 34.4 Å². The molecule has 6 N–H and O–H groups in total. The first-order chi connectivity index (χ1) is 17.5. The topological polar surface area (TPSA) is 130 Å². The molecule has 8 heteroatoms. The molecule has 182 valence electrons. The maximum absolute atomic E-state index is 12.6. The number of H-pyrrole nitrogens is 1. The van der Waals surface area contributed by atoms with Crippen molar-refractivity contribution in [1.29, 1.82) is 0 Å². The summed E-state index contributed by atoms with van der Waals surface area (Å²) in [6, 6.07) is 23.2. The van der Waals surface area contributed by atoms with Gasteiger partial charge in [-0.2, -0.15) is 5.10 Å². The lowest BCUT2D eigenvalue weighted by Crippen LogP contribution is -2.41. The highest BCUT2D eigenvalue weighted by Gasteiger charge is 2.31. The molecule has 4 aromatic rings. The van der Waals surface area contributed by atoms with Gasteiger partial charge >= 0.3 is 0 Å². The van der Waals surface area contributed by atoms with Gasteiger partial charge in [0.1, 0.15) is 12.2 Å². The number of rotatable bonds is 6. The summed E-state index contributed by atoms with van der Waals surface area (Å²) >= 11 is 0. The average molecular weight is 483 g/mol. The van der Waals surface area contributed by atoms with Crippen LogP contribution in [0.4, 0.5) is 17.1 Å². The number of aromatic nitrogens is 2. The van der Waals surface area contributed by atoms with Crippen LogP contribution in [0.2, 0.25) is 0 Å². The van der Waals surface area contributed by atoms with Gasteiger partial charge in [-0.15, -0.1) is 0 Å². The number of nitrogens with zero attached hydrogens (tertiary/aromatic N) is 1. The minimum atomic E-state index is -1.29. The Bertz CT molecular complexity index is 1440. The van der Waals surface area contributed by atoms with Crippen molar-refractivity contribution in [3.63, 3.8) is 0 Å². The van der Waals surface area contributed by atoms with Crippen LogP contribution >= 0.6 is 0 Å². The molecule has 0 fully saturated rings. The molecule has 1 aliphatic carbocycles. The molecular formula is C28H26N4O4. The van der Waals surface area contributed by atoms with Gasteiger partial charge in [-0.25, -0.2) is 0 Å². The zero-order chi connectivity index (χ0) is 25.1. The van der Waals surface area contributed by atoms with Crippen molar-refractivity contribution in [3.8, 4) is 0 Å². The molecule has 1 aliphatic rings. The Morgan fingerprint density at radius 1 is 0.917 bits per heavy atom. The third-order valence-electron chi connectivity index (χ3n) is 6.07. The molecule has 0 saturated heterocycles. The van der Waals surface area contributed by atoms with E-state index in [4.69, 9.17) is 0 Å². The second-order valence-corrected chi connectivity index (χ2v) is 8.72. The van der Waals surface area contributed by atoms with E-state index in [1.165, 1.54) is 6.08 Å². The molecule has 1 heterocycles. The highest BCUT2D eigenvalue weighted by Crippen LogP contribution is 2.26. The van der Waals surface area contributed by atoms with Crippen LogP contribution in [-0.4, -0.2) is 49.7 Å². The van der Waals surface area contributed by atoms with Crippen LogP contribution in [-0.2, 0) is 4.79 Å². The third-order valence-corrected chi connectivity index (χ3v) is 6.07. The standard InChI is InChI=1S/C28H26N4O4/c33-25-13-18(14-26(34)27(25)35)28(36)30-20-8-4-7-19(15-20)29-21-10-11-22-23(31-32-24(22)16-21)12-9-17-5-2-1-3-6-17/h1-13,15-16,25-27,29,33-35H,14H2,(H,30,36)(H,31,32)/b12-9+/t25-,26-,27-/m1/s1. The molecule has 0 bridgehead atoms. The first kappa shape index (κ1) is 23.5. The minimum absolute atomic E-state index is 0.0330. The molecule has 3 atom stereocenters. The fraction of sp³-hybridized carbons (Fsp3) is 0.143. The number of hydrogen-bond acceptors (Lipinski definition) is 6. The Morgan fingerprint density at radius 3 is 2.50 bits per heavy atom. The van der Waals surface area contributed by atoms with Crippen molar-refractivity contribution in [2.45, 2.75) is 24.7 Å². The van der Waals surface area contributed by atoms with Gasteiger partial charge in [0.25, 0.3) is 5.91 Å². The number of hydrogen-bond donors (Lipinski definition) is 6. The number of benzene rings is 3. The van der Waals surface area contributed by atoms with Gasteiger partial charge in [-0.3, -0.25) is 9.89 Å². The monoisotopic (exact) mass is 482 g/mol. The third kappa shape index (κ3) is 5.21. The molecule has 36 heavy (non-hydrogen) atoms. The Kier molecular flexibility index (Phi) is 6.64. The van der Waals surface area contributed by atoms with Crippen molar-refractivity contribution in [2.75, 3.05) is 10.6 Å². The smallest absolute Gasteiger partial charge is 0.251 e. The van der Waals surface area contributed by atoms with Crippen LogP contribution in [0.25, 0.3) is 23.1 Å². The largest absolute Gasteiger partial charge is 0.390 e. The van der Waals surface area contributed by atoms with Crippen LogP contribution in [0.5, 0.6) is 0 Å². The van der Waals surface area contributed by atoms with Crippen molar-refractivity contribution in [2.24, 2.45) is 0 Å². The summed E-state index contributed by atoms with van der Waals surface area (Å²) in [6.07, 6.45) is 1.48. The number of aliphatic hydroxyl groups excluding tert-OH is 3. The average Bonchev–Trinajstić information content (AvgIpc) is 3.28. The Hall–Kier alpha value is -4.24. The van der Waals surface area contributed by atoms with Crippen LogP contribution in [0.1, 0.15) is 17.7 Å². The highest BCUT2D eigenvalue weighted by atomic mass is 16.4. The van der Waals surface area contributed by atoms with Crippen molar-refractivity contribution < 1.29 is 20.1 Å². The number of anilines is 3. The summed E-state index contributed by atoms with van der Waals surface area (Å²) in [4.78, 5) is 12.6. The minimum Gasteiger partial charge on any atom is -0.390 e. The van der Waals surface area contributed by atoms with E-state index in [1.54, 1.807) is 12.1 Å². The Balaban J connectivity index is 1.28. The summed E-state index contributed by atoms with van der Waals surface area (Å²) in [6.45, 7) is 0. The second-order valence-electron chi connectivity index (χ2n) is 8.72. The van der Waals surface area contributed by atoms with Gasteiger partial charge in [0.15, 0.2) is 0 Å². The maximum Gasteiger partial charge on any atom is 0.251 e. The first-order valence-electron chi connectivity index (χ1n) is 11.6. The quantitative estimate of drug-likeness (QED) is 0.248. The molecule has 1 aromatic heterocycles. The number of fused-ring (bicyclic) bond motifs is 1. The molecule has 0 aliphatic heterocycles. The number of aromatic amines is 1. The van der Waals surface area contributed by atoms with Gasteiger partial charge in [-0.05, 0) is 54.1 Å². The lowest BCUT2D eigenvalue weighted by molar-refractivity contribution is -0.114. The lowest BCUT2D eigenvalue weighted by Gasteiger charge is -2.27. The molecule has 0 radical (unpaired) electrons. The molecule has 3 aromatic carbocycles. The van der Waals surface area contributed by atoms with E-state index in [0.717, 1.165) is 33.5 Å². The summed E-state index contributed by atoms with van der Waals surface area (Å²) in [5.74, 6) is -0.438. The summed E-state index contributed by atoms with van der Waals surface area (Å²) in [5, 5.41) is 43.9. The molecule has 1 amide bonds. The number of amides is 1. The molecule has 0 saturated carbocycles. The Morgan fingerprint density at radius 2 is 1.69 bits per heavy atom. The van der Waals surface area contributed by atoms with Crippen LogP contribution < -0.4 is 10.6 Å². The van der Waals surface area contributed by atoms with Gasteiger partial charge < -0.3 is 26.0 Å². The van der Waals surface area contributed by atoms with Crippen molar-refractivity contribution in [3.05, 3.63) is 95.7 Å². The lowest BCUT2D eigenvalue weighted by atomic mass is 9.92. The van der Waals surface area contributed by atoms with Gasteiger partial charge in [-0.1, -0.05) is 42.5 Å². The van der Waals surface area contributed by atoms with E-state index in [9.17, 15) is 20.1 Å². The van der Waals surface area contributed by atoms with E-state index in [1.807, 2.05) is 72.8 Å². The predicted octanol–water partition coefficient (Wildman–Crippen LogP) is 3.83. The molecule has 5 rings (SSSR count). The van der Waals surface area contributed by atoms with Crippen LogP contribution in [0.3, 0.4) is 0 Å². The zero-order valence-corrected chi connectivity index (χ0v) is 19.3. The van der Waals surface area contributed by atoms with E-state index in [-0.39, 0.29) is 12.0 Å². The second kappa shape index (κ2) is 10.2. The molecule has 0 spiro atoms. The zero-order valence-electron chi connectivity index (χ0n) is 19.3. The van der Waals surface area contributed by atoms with Gasteiger partial charge in [0.2, 0.25) is 0 Å². The fourth-order valence-corrected chi connectivity index (χ4v) is 4.15. The number of carbonyl (C=O) groups excluding carboxylic acids is 1. The van der Waals surface area contributed by atoms with Gasteiger partial charge in [0.05, 0.1) is 17.3 Å². The van der Waals surface area contributed by atoms with E-state index >= 15 is 0 Å². The highest BCUT2D eigenvalue weighted by molar-refractivity contribution is 6.04. The molecule has 0 unspecified atom stereocenters.